The van der Waals surface area contributed by atoms with E-state index in [2.05, 4.69) is 0 Å². The summed E-state index contributed by atoms with van der Waals surface area (Å²) in [6.07, 6.45) is 0. The predicted molar refractivity (Wildman–Crippen MR) is 48.6 cm³/mol. The maximum absolute atomic E-state index is 12.9. The van der Waals surface area contributed by atoms with Crippen LogP contribution in [0.4, 0.5) is 4.39 Å². The molecular weight excluding hydrogens is 187 g/mol. The first kappa shape index (κ1) is 10.7. The van der Waals surface area contributed by atoms with Crippen molar-refractivity contribution in [2.45, 2.75) is 19.4 Å². The van der Waals surface area contributed by atoms with Crippen LogP contribution in [0, 0.1) is 5.82 Å². The molecule has 0 aliphatic heterocycles. The Morgan fingerprint density at radius 2 is 2.00 bits per heavy atom. The summed E-state index contributed by atoms with van der Waals surface area (Å²) in [6.45, 7) is 3.01. The van der Waals surface area contributed by atoms with Crippen LogP contribution in [0.15, 0.2) is 18.2 Å². The second-order valence-electron chi connectivity index (χ2n) is 3.56. The van der Waals surface area contributed by atoms with Crippen molar-refractivity contribution in [3.8, 4) is 0 Å². The Labute approximate surface area is 80.8 Å². The third kappa shape index (κ3) is 2.09. The van der Waals surface area contributed by atoms with Gasteiger partial charge in [-0.2, -0.15) is 0 Å². The maximum Gasteiger partial charge on any atom is 0.338 e. The number of carbonyl (C=O) groups is 1. The maximum atomic E-state index is 12.9. The molecular formula is C10H11FO3. The smallest absolute Gasteiger partial charge is 0.338 e. The number of rotatable bonds is 2. The van der Waals surface area contributed by atoms with Crippen LogP contribution in [0.25, 0.3) is 0 Å². The normalized spacial score (nSPS) is 11.4. The van der Waals surface area contributed by atoms with Crippen LogP contribution in [0.5, 0.6) is 0 Å². The first-order chi connectivity index (χ1) is 6.32. The van der Waals surface area contributed by atoms with Crippen LogP contribution in [0.3, 0.4) is 0 Å². The fourth-order valence-electron chi connectivity index (χ4n) is 1.07. The molecule has 1 aromatic rings. The molecule has 0 atom stereocenters. The van der Waals surface area contributed by atoms with Crippen molar-refractivity contribution < 1.29 is 19.4 Å². The minimum atomic E-state index is -1.34. The van der Waals surface area contributed by atoms with Crippen molar-refractivity contribution in [1.82, 2.24) is 0 Å². The van der Waals surface area contributed by atoms with Gasteiger partial charge in [-0.25, -0.2) is 9.18 Å². The Kier molecular flexibility index (Phi) is 2.57. The van der Waals surface area contributed by atoms with Gasteiger partial charge in [-0.05, 0) is 31.5 Å². The van der Waals surface area contributed by atoms with E-state index in [1.54, 1.807) is 0 Å². The van der Waals surface area contributed by atoms with E-state index < -0.39 is 23.0 Å². The van der Waals surface area contributed by atoms with Gasteiger partial charge in [0, 0.05) is 0 Å². The monoisotopic (exact) mass is 198 g/mol. The molecule has 76 valence electrons. The Morgan fingerprint density at radius 1 is 1.43 bits per heavy atom. The molecule has 0 aromatic heterocycles. The van der Waals surface area contributed by atoms with Crippen molar-refractivity contribution in [1.29, 1.82) is 0 Å². The predicted octanol–water partition coefficient (Wildman–Crippen LogP) is 1.75. The summed E-state index contributed by atoms with van der Waals surface area (Å²) < 4.78 is 12.9. The molecule has 0 unspecified atom stereocenters. The van der Waals surface area contributed by atoms with Crippen molar-refractivity contribution in [3.05, 3.63) is 35.1 Å². The number of aliphatic hydroxyl groups is 1. The lowest BCUT2D eigenvalue weighted by Crippen LogP contribution is -2.16. The Hall–Kier alpha value is -1.42. The zero-order valence-corrected chi connectivity index (χ0v) is 7.91. The molecule has 3 nitrogen and oxygen atoms in total. The number of carboxylic acid groups (broad SMARTS) is 1. The molecule has 0 amide bonds. The average Bonchev–Trinajstić information content (AvgIpc) is 2.02. The Bertz CT molecular complexity index is 366. The van der Waals surface area contributed by atoms with E-state index in [1.807, 2.05) is 0 Å². The number of hydrogen-bond acceptors (Lipinski definition) is 2. The first-order valence-corrected chi connectivity index (χ1v) is 4.08. The molecule has 2 N–H and O–H groups in total. The molecule has 0 heterocycles. The van der Waals surface area contributed by atoms with E-state index in [9.17, 15) is 14.3 Å². The van der Waals surface area contributed by atoms with Gasteiger partial charge in [-0.1, -0.05) is 6.07 Å². The van der Waals surface area contributed by atoms with Gasteiger partial charge in [0.25, 0.3) is 0 Å². The van der Waals surface area contributed by atoms with Gasteiger partial charge in [0.2, 0.25) is 0 Å². The highest BCUT2D eigenvalue weighted by Gasteiger charge is 2.19. The summed E-state index contributed by atoms with van der Waals surface area (Å²) in [5.74, 6) is -2.14. The fourth-order valence-corrected chi connectivity index (χ4v) is 1.07. The summed E-state index contributed by atoms with van der Waals surface area (Å²) in [5, 5.41) is 18.2. The van der Waals surface area contributed by atoms with Crippen LogP contribution in [0.2, 0.25) is 0 Å². The minimum absolute atomic E-state index is 0.372. The molecule has 0 spiro atoms. The van der Waals surface area contributed by atoms with Crippen molar-refractivity contribution in [3.63, 3.8) is 0 Å². The summed E-state index contributed by atoms with van der Waals surface area (Å²) in [7, 11) is 0. The van der Waals surface area contributed by atoms with Gasteiger partial charge in [0.1, 0.15) is 5.82 Å². The van der Waals surface area contributed by atoms with Crippen LogP contribution in [-0.4, -0.2) is 16.2 Å². The highest BCUT2D eigenvalue weighted by molar-refractivity contribution is 5.88. The van der Waals surface area contributed by atoms with Crippen LogP contribution in [0.1, 0.15) is 29.8 Å². The molecule has 0 bridgehead atoms. The van der Waals surface area contributed by atoms with Gasteiger partial charge >= 0.3 is 5.97 Å². The molecule has 4 heteroatoms. The van der Waals surface area contributed by atoms with Crippen LogP contribution >= 0.6 is 0 Å². The fraction of sp³-hybridized carbons (Fsp3) is 0.300. The minimum Gasteiger partial charge on any atom is -0.478 e. The zero-order valence-electron chi connectivity index (χ0n) is 7.91. The highest BCUT2D eigenvalue weighted by Crippen LogP contribution is 2.21. The largest absolute Gasteiger partial charge is 0.478 e. The van der Waals surface area contributed by atoms with Gasteiger partial charge < -0.3 is 10.2 Å². The number of aromatic carboxylic acids is 1. The molecule has 0 saturated carbocycles. The molecule has 14 heavy (non-hydrogen) atoms. The van der Waals surface area contributed by atoms with Gasteiger partial charge in [0.15, 0.2) is 0 Å². The second kappa shape index (κ2) is 3.38. The van der Waals surface area contributed by atoms with Crippen LogP contribution in [-0.2, 0) is 5.60 Å². The molecule has 0 saturated heterocycles. The third-order valence-electron chi connectivity index (χ3n) is 1.90. The zero-order chi connectivity index (χ0) is 10.9. The van der Waals surface area contributed by atoms with E-state index in [0.717, 1.165) is 12.1 Å². The SMILES string of the molecule is CC(C)(O)c1ccc(F)c(C(=O)O)c1. The second-order valence-corrected chi connectivity index (χ2v) is 3.56. The van der Waals surface area contributed by atoms with Crippen LogP contribution < -0.4 is 0 Å². The van der Waals surface area contributed by atoms with E-state index in [1.165, 1.54) is 19.9 Å². The standard InChI is InChI=1S/C10H11FO3/c1-10(2,14)6-3-4-8(11)7(5-6)9(12)13/h3-5,14H,1-2H3,(H,12,13). The lowest BCUT2D eigenvalue weighted by atomic mass is 9.96. The lowest BCUT2D eigenvalue weighted by molar-refractivity contribution is 0.0687. The van der Waals surface area contributed by atoms with Gasteiger partial charge in [0.05, 0.1) is 11.2 Å². The third-order valence-corrected chi connectivity index (χ3v) is 1.90. The average molecular weight is 198 g/mol. The van der Waals surface area contributed by atoms with Gasteiger partial charge in [-0.15, -0.1) is 0 Å². The molecule has 0 aliphatic rings. The van der Waals surface area contributed by atoms with E-state index in [-0.39, 0.29) is 0 Å². The topological polar surface area (TPSA) is 57.5 Å². The summed E-state index contributed by atoms with van der Waals surface area (Å²) in [5.41, 5.74) is -1.22. The number of carboxylic acids is 1. The van der Waals surface area contributed by atoms with Crippen molar-refractivity contribution in [2.75, 3.05) is 0 Å². The number of hydrogen-bond donors (Lipinski definition) is 2. The highest BCUT2D eigenvalue weighted by atomic mass is 19.1. The Morgan fingerprint density at radius 3 is 2.43 bits per heavy atom. The molecule has 1 rings (SSSR count). The summed E-state index contributed by atoms with van der Waals surface area (Å²) >= 11 is 0. The summed E-state index contributed by atoms with van der Waals surface area (Å²) in [6, 6.07) is 3.54. The Balaban J connectivity index is 3.27. The van der Waals surface area contributed by atoms with E-state index in [0.29, 0.717) is 5.56 Å². The van der Waals surface area contributed by atoms with E-state index >= 15 is 0 Å². The molecule has 0 radical (unpaired) electrons. The van der Waals surface area contributed by atoms with Crippen molar-refractivity contribution >= 4 is 5.97 Å². The molecule has 0 fully saturated rings. The molecule has 0 aliphatic carbocycles. The number of halogens is 1. The molecule has 1 aromatic carbocycles. The lowest BCUT2D eigenvalue weighted by Gasteiger charge is -2.18. The quantitative estimate of drug-likeness (QED) is 0.761. The first-order valence-electron chi connectivity index (χ1n) is 4.08. The van der Waals surface area contributed by atoms with E-state index in [4.69, 9.17) is 5.11 Å². The number of benzene rings is 1. The van der Waals surface area contributed by atoms with Gasteiger partial charge in [-0.3, -0.25) is 0 Å². The van der Waals surface area contributed by atoms with Crippen molar-refractivity contribution in [2.24, 2.45) is 0 Å². The summed E-state index contributed by atoms with van der Waals surface area (Å²) in [4.78, 5) is 10.6.